The van der Waals surface area contributed by atoms with Crippen molar-refractivity contribution in [3.05, 3.63) is 64.7 Å². The summed E-state index contributed by atoms with van der Waals surface area (Å²) in [5, 5.41) is 3.47. The van der Waals surface area contributed by atoms with E-state index in [1.165, 1.54) is 4.90 Å². The second kappa shape index (κ2) is 12.9. The number of benzene rings is 2. The molecule has 0 saturated heterocycles. The highest BCUT2D eigenvalue weighted by Gasteiger charge is 2.32. The van der Waals surface area contributed by atoms with E-state index in [0.29, 0.717) is 30.1 Å². The number of para-hydroxylation sites is 1. The van der Waals surface area contributed by atoms with E-state index in [4.69, 9.17) is 11.6 Å². The van der Waals surface area contributed by atoms with Gasteiger partial charge in [-0.3, -0.25) is 13.9 Å². The number of carbonyl (C=O) groups excluding carboxylic acids is 2. The van der Waals surface area contributed by atoms with Gasteiger partial charge < -0.3 is 10.2 Å². The Morgan fingerprint density at radius 3 is 2.20 bits per heavy atom. The number of rotatable bonds is 12. The number of hydrogen-bond donors (Lipinski definition) is 1. The summed E-state index contributed by atoms with van der Waals surface area (Å²) >= 11 is 6.02. The topological polar surface area (TPSA) is 86.8 Å². The third kappa shape index (κ3) is 8.25. The zero-order valence-electron chi connectivity index (χ0n) is 21.1. The summed E-state index contributed by atoms with van der Waals surface area (Å²) in [6.07, 6.45) is 2.08. The van der Waals surface area contributed by atoms with Crippen molar-refractivity contribution in [2.75, 3.05) is 23.7 Å². The first kappa shape index (κ1) is 28.7. The number of sulfonamides is 1. The van der Waals surface area contributed by atoms with Crippen molar-refractivity contribution < 1.29 is 18.0 Å². The Bertz CT molecular complexity index is 1100. The van der Waals surface area contributed by atoms with E-state index in [1.54, 1.807) is 36.4 Å². The Kier molecular flexibility index (Phi) is 10.6. The lowest BCUT2D eigenvalue weighted by Crippen LogP contribution is -2.52. The minimum atomic E-state index is -3.76. The summed E-state index contributed by atoms with van der Waals surface area (Å²) in [6.45, 7) is 7.98. The number of hydrogen-bond acceptors (Lipinski definition) is 4. The van der Waals surface area contributed by atoms with Gasteiger partial charge in [-0.15, -0.1) is 0 Å². The molecule has 0 spiro atoms. The molecule has 2 rings (SSSR count). The van der Waals surface area contributed by atoms with Crippen LogP contribution in [0.2, 0.25) is 5.02 Å². The van der Waals surface area contributed by atoms with Crippen LogP contribution >= 0.6 is 11.6 Å². The van der Waals surface area contributed by atoms with Crippen molar-refractivity contribution in [3.63, 3.8) is 0 Å². The van der Waals surface area contributed by atoms with Crippen molar-refractivity contribution in [1.82, 2.24) is 10.2 Å². The molecule has 1 unspecified atom stereocenters. The van der Waals surface area contributed by atoms with Crippen LogP contribution in [-0.2, 0) is 32.6 Å². The lowest BCUT2D eigenvalue weighted by Gasteiger charge is -2.33. The molecular formula is C26H36ClN3O4S. The molecule has 2 aromatic rings. The fraction of sp³-hybridized carbons (Fsp3) is 0.462. The maximum Gasteiger partial charge on any atom is 0.244 e. The maximum atomic E-state index is 13.7. The van der Waals surface area contributed by atoms with Crippen molar-refractivity contribution >= 4 is 39.1 Å². The van der Waals surface area contributed by atoms with Gasteiger partial charge in [0.25, 0.3) is 0 Å². The van der Waals surface area contributed by atoms with Gasteiger partial charge in [0.05, 0.1) is 11.9 Å². The Morgan fingerprint density at radius 2 is 1.66 bits per heavy atom. The first-order chi connectivity index (χ1) is 16.5. The minimum Gasteiger partial charge on any atom is -0.354 e. The Hall–Kier alpha value is -2.58. The van der Waals surface area contributed by atoms with Crippen LogP contribution in [0.5, 0.6) is 0 Å². The molecule has 0 bridgehead atoms. The van der Waals surface area contributed by atoms with E-state index in [0.717, 1.165) is 21.7 Å². The second-order valence-electron chi connectivity index (χ2n) is 8.96. The highest BCUT2D eigenvalue weighted by molar-refractivity contribution is 7.92. The summed E-state index contributed by atoms with van der Waals surface area (Å²) in [7, 11) is -3.76. The summed E-state index contributed by atoms with van der Waals surface area (Å²) in [4.78, 5) is 28.2. The first-order valence-electron chi connectivity index (χ1n) is 11.8. The largest absolute Gasteiger partial charge is 0.354 e. The van der Waals surface area contributed by atoms with Crippen LogP contribution < -0.4 is 9.62 Å². The molecule has 35 heavy (non-hydrogen) atoms. The number of anilines is 1. The molecule has 0 aliphatic rings. The maximum absolute atomic E-state index is 13.7. The van der Waals surface area contributed by atoms with Crippen molar-refractivity contribution in [3.8, 4) is 0 Å². The quantitative estimate of drug-likeness (QED) is 0.452. The average molecular weight is 522 g/mol. The van der Waals surface area contributed by atoms with E-state index in [9.17, 15) is 18.0 Å². The highest BCUT2D eigenvalue weighted by Crippen LogP contribution is 2.24. The Morgan fingerprint density at radius 1 is 1.03 bits per heavy atom. The van der Waals surface area contributed by atoms with Crippen LogP contribution in [0, 0.1) is 5.92 Å². The summed E-state index contributed by atoms with van der Waals surface area (Å²) in [5.41, 5.74) is 2.07. The van der Waals surface area contributed by atoms with Gasteiger partial charge in [0.2, 0.25) is 21.8 Å². The fourth-order valence-electron chi connectivity index (χ4n) is 3.78. The van der Waals surface area contributed by atoms with Crippen LogP contribution in [0.4, 0.5) is 5.69 Å². The van der Waals surface area contributed by atoms with Gasteiger partial charge in [-0.25, -0.2) is 8.42 Å². The molecular weight excluding hydrogens is 486 g/mol. The molecule has 0 aromatic heterocycles. The van der Waals surface area contributed by atoms with Gasteiger partial charge in [-0.1, -0.05) is 69.6 Å². The van der Waals surface area contributed by atoms with Gasteiger partial charge in [-0.2, -0.15) is 0 Å². The monoisotopic (exact) mass is 521 g/mol. The molecule has 0 saturated carbocycles. The van der Waals surface area contributed by atoms with E-state index >= 15 is 0 Å². The average Bonchev–Trinajstić information content (AvgIpc) is 2.81. The lowest BCUT2D eigenvalue weighted by molar-refractivity contribution is -0.140. The van der Waals surface area contributed by atoms with Gasteiger partial charge in [0.15, 0.2) is 0 Å². The molecule has 1 N–H and O–H groups in total. The van der Waals surface area contributed by atoms with Crippen molar-refractivity contribution in [2.45, 2.75) is 53.1 Å². The molecule has 2 aromatic carbocycles. The van der Waals surface area contributed by atoms with E-state index in [1.807, 2.05) is 39.8 Å². The SMILES string of the molecule is CCc1ccccc1N(CC(=O)N(Cc1ccc(Cl)cc1)C(CC)C(=O)NCC(C)C)S(C)(=O)=O. The highest BCUT2D eigenvalue weighted by atomic mass is 35.5. The zero-order valence-corrected chi connectivity index (χ0v) is 22.7. The third-order valence-electron chi connectivity index (χ3n) is 5.66. The third-order valence-corrected chi connectivity index (χ3v) is 7.04. The zero-order chi connectivity index (χ0) is 26.2. The molecule has 7 nitrogen and oxygen atoms in total. The van der Waals surface area contributed by atoms with Crippen LogP contribution in [0.3, 0.4) is 0 Å². The first-order valence-corrected chi connectivity index (χ1v) is 14.1. The predicted molar refractivity (Wildman–Crippen MR) is 142 cm³/mol. The van der Waals surface area contributed by atoms with Crippen molar-refractivity contribution in [2.24, 2.45) is 5.92 Å². The molecule has 192 valence electrons. The molecule has 0 radical (unpaired) electrons. The van der Waals surface area contributed by atoms with Gasteiger partial charge in [-0.05, 0) is 48.1 Å². The molecule has 9 heteroatoms. The van der Waals surface area contributed by atoms with Crippen LogP contribution in [0.15, 0.2) is 48.5 Å². The normalized spacial score (nSPS) is 12.3. The fourth-order valence-corrected chi connectivity index (χ4v) is 4.78. The predicted octanol–water partition coefficient (Wildman–Crippen LogP) is 4.25. The lowest BCUT2D eigenvalue weighted by atomic mass is 10.1. The van der Waals surface area contributed by atoms with Crippen LogP contribution in [0.25, 0.3) is 0 Å². The van der Waals surface area contributed by atoms with Gasteiger partial charge >= 0.3 is 0 Å². The molecule has 2 amide bonds. The van der Waals surface area contributed by atoms with Crippen molar-refractivity contribution in [1.29, 1.82) is 0 Å². The number of carbonyl (C=O) groups is 2. The van der Waals surface area contributed by atoms with Crippen LogP contribution in [0.1, 0.15) is 45.2 Å². The van der Waals surface area contributed by atoms with E-state index in [2.05, 4.69) is 5.32 Å². The molecule has 0 heterocycles. The molecule has 0 aliphatic heterocycles. The van der Waals surface area contributed by atoms with Crippen LogP contribution in [-0.4, -0.2) is 50.5 Å². The molecule has 1 atom stereocenters. The molecule has 0 aliphatic carbocycles. The van der Waals surface area contributed by atoms with Gasteiger partial charge in [0.1, 0.15) is 12.6 Å². The Labute approximate surface area is 214 Å². The molecule has 0 fully saturated rings. The number of nitrogens with one attached hydrogen (secondary N) is 1. The minimum absolute atomic E-state index is 0.149. The number of aryl methyl sites for hydroxylation is 1. The number of amides is 2. The summed E-state index contributed by atoms with van der Waals surface area (Å²) in [6, 6.07) is 13.4. The second-order valence-corrected chi connectivity index (χ2v) is 11.3. The number of halogens is 1. The van der Waals surface area contributed by atoms with E-state index < -0.39 is 28.5 Å². The standard InChI is InChI=1S/C26H36ClN3O4S/c1-6-21-10-8-9-11-24(21)30(35(5,33)34)18-25(31)29(17-20-12-14-22(27)15-13-20)23(7-2)26(32)28-16-19(3)4/h8-15,19,23H,6-7,16-18H2,1-5H3,(H,28,32). The Balaban J connectivity index is 2.44. The summed E-state index contributed by atoms with van der Waals surface area (Å²) in [5.74, 6) is -0.464. The smallest absolute Gasteiger partial charge is 0.244 e. The van der Waals surface area contributed by atoms with E-state index in [-0.39, 0.29) is 18.4 Å². The summed E-state index contributed by atoms with van der Waals surface area (Å²) < 4.78 is 26.7. The number of nitrogens with zero attached hydrogens (tertiary/aromatic N) is 2. The van der Waals surface area contributed by atoms with Gasteiger partial charge in [0, 0.05) is 18.1 Å².